The SMILES string of the molecule is CC1(C)c2ccc(-c3ccc4c(c3)c3ccccc3n4-c3nc4ccccc4c(C#N)c3C#N)cc2-c2c1ccc1ccccc21.CC1(C)c2ccccc2-c2ccc(-c3ccc4c(c3)c3ccccc3n4-c3nc(C#N)c4ccc(-c5ccccc5)cc4n3)cc21.N#Cc1cc(-n2c3ccc(-c4ccc(-c5ccc6ccccc6c5)cc4)cc3c3c4ccccc4ccc32)nc2ccccc12. The number of pyridine rings is 2. The van der Waals surface area contributed by atoms with E-state index in [-0.39, 0.29) is 16.4 Å². The minimum atomic E-state index is -0.0851. The van der Waals surface area contributed by atoms with Gasteiger partial charge in [0.2, 0.25) is 5.95 Å². The van der Waals surface area contributed by atoms with Gasteiger partial charge in [-0.05, 0) is 236 Å². The maximum atomic E-state index is 10.3. The van der Waals surface area contributed by atoms with Gasteiger partial charge < -0.3 is 0 Å². The molecule has 0 atom stereocenters. The van der Waals surface area contributed by atoms with E-state index in [1.165, 1.54) is 98.9 Å². The lowest BCUT2D eigenvalue weighted by Gasteiger charge is -2.22. The van der Waals surface area contributed by atoms with Gasteiger partial charge in [-0.1, -0.05) is 331 Å². The summed E-state index contributed by atoms with van der Waals surface area (Å²) in [6.07, 6.45) is 0. The first-order chi connectivity index (χ1) is 67.2. The molecule has 0 amide bonds. The van der Waals surface area contributed by atoms with Crippen molar-refractivity contribution in [1.29, 1.82) is 21.0 Å². The van der Waals surface area contributed by atoms with Gasteiger partial charge in [-0.25, -0.2) is 19.9 Å². The summed E-state index contributed by atoms with van der Waals surface area (Å²) >= 11 is 0. The molecule has 6 heterocycles. The Kier molecular flexibility index (Phi) is 18.6. The minimum absolute atomic E-state index is 0.0612. The lowest BCUT2D eigenvalue weighted by molar-refractivity contribution is 0.660. The largest absolute Gasteiger partial charge is 0.294 e. The van der Waals surface area contributed by atoms with Crippen molar-refractivity contribution in [3.63, 3.8) is 0 Å². The van der Waals surface area contributed by atoms with Crippen molar-refractivity contribution in [3.05, 3.63) is 451 Å². The molecule has 0 N–H and O–H groups in total. The van der Waals surface area contributed by atoms with Gasteiger partial charge in [0.05, 0.1) is 66.8 Å². The highest BCUT2D eigenvalue weighted by Crippen LogP contribution is 2.54. The second kappa shape index (κ2) is 31.6. The van der Waals surface area contributed by atoms with Gasteiger partial charge in [0.15, 0.2) is 11.5 Å². The van der Waals surface area contributed by atoms with Crippen molar-refractivity contribution in [3.8, 4) is 120 Å². The van der Waals surface area contributed by atoms with E-state index in [2.05, 4.69) is 364 Å². The fraction of sp³-hybridized carbons (Fsp3) is 0.0476. The molecule has 137 heavy (non-hydrogen) atoms. The van der Waals surface area contributed by atoms with E-state index in [1.54, 1.807) is 0 Å². The van der Waals surface area contributed by atoms with Crippen molar-refractivity contribution in [1.82, 2.24) is 33.6 Å². The molecule has 0 fully saturated rings. The first-order valence-electron chi connectivity index (χ1n) is 46.1. The summed E-state index contributed by atoms with van der Waals surface area (Å²) in [5, 5.41) is 57.1. The molecule has 0 saturated carbocycles. The van der Waals surface area contributed by atoms with Gasteiger partial charge in [-0.3, -0.25) is 13.7 Å². The van der Waals surface area contributed by atoms with E-state index in [0.29, 0.717) is 39.5 Å². The van der Waals surface area contributed by atoms with Gasteiger partial charge in [0.25, 0.3) is 0 Å². The van der Waals surface area contributed by atoms with Gasteiger partial charge in [-0.2, -0.15) is 21.0 Å². The van der Waals surface area contributed by atoms with Crippen molar-refractivity contribution >= 4 is 130 Å². The average Bonchev–Trinajstić information content (AvgIpc) is 1.55. The van der Waals surface area contributed by atoms with Crippen LogP contribution in [0.25, 0.3) is 226 Å². The fourth-order valence-electron chi connectivity index (χ4n) is 21.8. The highest BCUT2D eigenvalue weighted by atomic mass is 15.2. The van der Waals surface area contributed by atoms with Gasteiger partial charge in [0.1, 0.15) is 29.6 Å². The minimum Gasteiger partial charge on any atom is -0.294 e. The number of fused-ring (bicyclic) bond motifs is 23. The highest BCUT2D eigenvalue weighted by molar-refractivity contribution is 6.22. The molecule has 0 aliphatic heterocycles. The van der Waals surface area contributed by atoms with Crippen LogP contribution < -0.4 is 0 Å². The summed E-state index contributed by atoms with van der Waals surface area (Å²) in [5.41, 5.74) is 31.9. The number of rotatable bonds is 8. The monoisotopic (exact) mass is 1750 g/mol. The summed E-state index contributed by atoms with van der Waals surface area (Å²) in [7, 11) is 0. The van der Waals surface area contributed by atoms with Crippen molar-refractivity contribution in [2.75, 3.05) is 0 Å². The highest BCUT2D eigenvalue weighted by Gasteiger charge is 2.38. The third kappa shape index (κ3) is 12.9. The van der Waals surface area contributed by atoms with Crippen LogP contribution in [0.15, 0.2) is 406 Å². The number of benzene rings is 19. The van der Waals surface area contributed by atoms with Crippen LogP contribution in [0.2, 0.25) is 0 Å². The number of nitriles is 4. The fourth-order valence-corrected chi connectivity index (χ4v) is 21.8. The summed E-state index contributed by atoms with van der Waals surface area (Å²) in [4.78, 5) is 19.9. The van der Waals surface area contributed by atoms with Crippen LogP contribution in [0.1, 0.15) is 72.3 Å². The van der Waals surface area contributed by atoms with Crippen LogP contribution in [0, 0.1) is 45.3 Å². The Balaban J connectivity index is 0.000000109. The van der Waals surface area contributed by atoms with Crippen molar-refractivity contribution in [2.24, 2.45) is 0 Å². The third-order valence-electron chi connectivity index (χ3n) is 28.6. The van der Waals surface area contributed by atoms with E-state index < -0.39 is 0 Å². The molecule has 2 aliphatic carbocycles. The Morgan fingerprint density at radius 2 is 0.693 bits per heavy atom. The predicted molar refractivity (Wildman–Crippen MR) is 560 cm³/mol. The van der Waals surface area contributed by atoms with Crippen molar-refractivity contribution < 1.29 is 0 Å². The lowest BCUT2D eigenvalue weighted by atomic mass is 9.81. The Labute approximate surface area is 789 Å². The molecule has 2 aliphatic rings. The zero-order valence-electron chi connectivity index (χ0n) is 75.1. The molecule has 0 radical (unpaired) electrons. The topological polar surface area (TPSA) is 162 Å². The molecule has 19 aromatic carbocycles. The van der Waals surface area contributed by atoms with Gasteiger partial charge in [-0.15, -0.1) is 0 Å². The first-order valence-corrected chi connectivity index (χ1v) is 46.1. The van der Waals surface area contributed by atoms with Crippen LogP contribution in [-0.4, -0.2) is 33.6 Å². The molecule has 6 aromatic heterocycles. The van der Waals surface area contributed by atoms with E-state index in [9.17, 15) is 21.0 Å². The van der Waals surface area contributed by atoms with Crippen LogP contribution in [0.3, 0.4) is 0 Å². The van der Waals surface area contributed by atoms with E-state index in [1.807, 2.05) is 108 Å². The van der Waals surface area contributed by atoms with Crippen LogP contribution >= 0.6 is 0 Å². The van der Waals surface area contributed by atoms with Gasteiger partial charge in [0, 0.05) is 59.3 Å². The molecule has 0 saturated heterocycles. The molecule has 638 valence electrons. The molecule has 11 heteroatoms. The van der Waals surface area contributed by atoms with Crippen molar-refractivity contribution in [2.45, 2.75) is 38.5 Å². The normalized spacial score (nSPS) is 12.6. The molecule has 0 spiro atoms. The van der Waals surface area contributed by atoms with E-state index in [4.69, 9.17) is 19.9 Å². The number of para-hydroxylation sites is 4. The second-order valence-corrected chi connectivity index (χ2v) is 36.7. The number of hydrogen-bond acceptors (Lipinski definition) is 8. The number of hydrogen-bond donors (Lipinski definition) is 0. The molecule has 0 bridgehead atoms. The second-order valence-electron chi connectivity index (χ2n) is 36.7. The molecular weight excluding hydrogens is 1670 g/mol. The molecule has 11 nitrogen and oxygen atoms in total. The molecule has 27 rings (SSSR count). The number of nitrogens with zero attached hydrogens (tertiary/aromatic N) is 11. The van der Waals surface area contributed by atoms with E-state index >= 15 is 0 Å². The third-order valence-corrected chi connectivity index (χ3v) is 28.6. The van der Waals surface area contributed by atoms with Crippen LogP contribution in [0.5, 0.6) is 0 Å². The predicted octanol–water partition coefficient (Wildman–Crippen LogP) is 31.3. The summed E-state index contributed by atoms with van der Waals surface area (Å²) in [6, 6.07) is 152. The summed E-state index contributed by atoms with van der Waals surface area (Å²) in [6.45, 7) is 9.28. The van der Waals surface area contributed by atoms with Crippen LogP contribution in [-0.2, 0) is 10.8 Å². The smallest absolute Gasteiger partial charge is 0.236 e. The molecular formula is C126H79N11. The zero-order valence-corrected chi connectivity index (χ0v) is 75.1. The Morgan fingerprint density at radius 3 is 1.40 bits per heavy atom. The Bertz CT molecular complexity index is 9680. The summed E-state index contributed by atoms with van der Waals surface area (Å²) in [5.74, 6) is 1.71. The quantitative estimate of drug-likeness (QED) is 0.145. The Hall–Kier alpha value is -18.5. The Morgan fingerprint density at radius 1 is 0.234 bits per heavy atom. The zero-order chi connectivity index (χ0) is 92.1. The van der Waals surface area contributed by atoms with E-state index in [0.717, 1.165) is 127 Å². The van der Waals surface area contributed by atoms with Crippen LogP contribution in [0.4, 0.5) is 0 Å². The molecule has 0 unspecified atom stereocenters. The standard InChI is InChI=1S/C42H26N4.C42H28N4.C42H25N3/c1-42(2)35-18-16-26(22-32(35)40-28-10-4-3-9-25(28)15-19-36(40)42)27-17-20-39-31(21-27)30-12-6-8-14-38(30)46(39)41-34(24-44)33(23-43)29-11-5-7-13-37(29)45-41;1-42(2)35-14-8-6-12-30(35)31-19-16-28(23-36(31)42)27-18-21-40-34(22-27)32-13-7-9-15-39(32)46(40)41-44-37-24-29(26-10-4-3-5-11-26)17-20-33(37)38(25-43)45-41;43-26-34-25-41(44-38-12-6-5-10-35(34)38)45-39-21-20-33(24-37(39)42-36-11-4-3-8-30(36)19-22-40(42)45)29-15-13-28(14-16-29)32-18-17-27-7-1-2-9-31(27)23-32/h3-22H,1-2H3;3-24H,1-2H3;1-25H. The maximum Gasteiger partial charge on any atom is 0.236 e. The summed E-state index contributed by atoms with van der Waals surface area (Å²) < 4.78 is 6.33. The molecule has 25 aromatic rings. The average molecular weight is 1750 g/mol. The van der Waals surface area contributed by atoms with Gasteiger partial charge >= 0.3 is 0 Å². The number of aromatic nitrogens is 7. The maximum absolute atomic E-state index is 10.3. The lowest BCUT2D eigenvalue weighted by Crippen LogP contribution is -2.14. The first kappa shape index (κ1) is 80.5.